The van der Waals surface area contributed by atoms with E-state index in [4.69, 9.17) is 24.6 Å². The fourth-order valence-corrected chi connectivity index (χ4v) is 8.24. The molecule has 31 heteroatoms. The highest BCUT2D eigenvalue weighted by Gasteiger charge is 2.50. The van der Waals surface area contributed by atoms with Crippen LogP contribution in [-0.4, -0.2) is 145 Å². The van der Waals surface area contributed by atoms with E-state index >= 15 is 0 Å². The minimum absolute atomic E-state index is 0.0103. The molecule has 1 fully saturated rings. The molecule has 0 saturated carbocycles. The number of nitrogens with zero attached hydrogens (tertiary/aromatic N) is 5. The number of carboxylic acids is 1. The summed E-state index contributed by atoms with van der Waals surface area (Å²) in [5.41, 5.74) is 4.16. The predicted molar refractivity (Wildman–Crippen MR) is 189 cm³/mol. The first kappa shape index (κ1) is 48.4. The number of hydrogen-bond donors (Lipinski definition) is 10. The summed E-state index contributed by atoms with van der Waals surface area (Å²) in [7, 11) is -16.5. The average molecular weight is 897 g/mol. The fourth-order valence-electron chi connectivity index (χ4n) is 4.71. The summed E-state index contributed by atoms with van der Waals surface area (Å²) in [6.07, 6.45) is -9.42. The predicted octanol–water partition coefficient (Wildman–Crippen LogP) is -2.47. The van der Waals surface area contributed by atoms with Crippen molar-refractivity contribution in [3.63, 3.8) is 0 Å². The first-order valence-electron chi connectivity index (χ1n) is 16.2. The van der Waals surface area contributed by atoms with Crippen LogP contribution in [0.4, 0.5) is 5.82 Å². The molecule has 1 amide bonds. The van der Waals surface area contributed by atoms with Crippen LogP contribution in [0.25, 0.3) is 11.2 Å². The van der Waals surface area contributed by atoms with Crippen LogP contribution in [-0.2, 0) is 50.7 Å². The van der Waals surface area contributed by atoms with Gasteiger partial charge >= 0.3 is 29.4 Å². The monoisotopic (exact) mass is 896 g/mol. The Morgan fingerprint density at radius 3 is 2.42 bits per heavy atom. The number of rotatable bonds is 23. The molecule has 27 nitrogen and oxygen atoms in total. The maximum Gasteiger partial charge on any atom is 0.481 e. The Labute approximate surface area is 326 Å². The van der Waals surface area contributed by atoms with Crippen molar-refractivity contribution in [1.82, 2.24) is 24.8 Å². The van der Waals surface area contributed by atoms with Crippen molar-refractivity contribution in [3.05, 3.63) is 12.7 Å². The number of thioether (sulfide) groups is 1. The number of ether oxygens (including phenoxy) is 1. The fraction of sp³-hybridized carbons (Fsp3) is 0.654. The first-order valence-corrected chi connectivity index (χ1v) is 21.7. The van der Waals surface area contributed by atoms with E-state index in [1.54, 1.807) is 0 Å². The van der Waals surface area contributed by atoms with Crippen LogP contribution in [0.15, 0.2) is 17.6 Å². The molecule has 0 aromatic carbocycles. The number of aliphatic carboxylic acids is 1. The Bertz CT molecular complexity index is 1910. The SMILES string of the molecule is CC(C)(COP(=O)(O)OP(=O)(O)OC[C@H]1O[C@@H](n2cnc3c(N)ncnc32)[C@H](O)[C@@H]1OP(=O)(O)O)C(O)C(=O)NCCC([O-])=NCCSC(=O)[C@H](O)CCC(=O)O. The van der Waals surface area contributed by atoms with Crippen molar-refractivity contribution in [2.24, 2.45) is 10.4 Å². The topological polar surface area (TPSA) is 427 Å². The highest BCUT2D eigenvalue weighted by molar-refractivity contribution is 8.13. The van der Waals surface area contributed by atoms with Gasteiger partial charge in [0.05, 0.1) is 19.5 Å². The summed E-state index contributed by atoms with van der Waals surface area (Å²) in [6, 6.07) is 0. The number of aromatic nitrogens is 4. The third kappa shape index (κ3) is 15.0. The van der Waals surface area contributed by atoms with Crippen LogP contribution < -0.4 is 16.2 Å². The lowest BCUT2D eigenvalue weighted by Crippen LogP contribution is -2.46. The maximum atomic E-state index is 12.7. The van der Waals surface area contributed by atoms with Gasteiger partial charge in [-0.25, -0.2) is 28.6 Å². The summed E-state index contributed by atoms with van der Waals surface area (Å²) in [6.45, 7) is -0.128. The first-order chi connectivity index (χ1) is 26.3. The van der Waals surface area contributed by atoms with Crippen LogP contribution in [0, 0.1) is 5.41 Å². The molecule has 0 bridgehead atoms. The molecule has 11 N–H and O–H groups in total. The largest absolute Gasteiger partial charge is 0.862 e. The Morgan fingerprint density at radius 1 is 1.11 bits per heavy atom. The number of carbonyl (C=O) groups excluding carboxylic acids is 2. The third-order valence-corrected chi connectivity index (χ3v) is 11.6. The van der Waals surface area contributed by atoms with Crippen LogP contribution in [0.5, 0.6) is 0 Å². The Morgan fingerprint density at radius 2 is 1.77 bits per heavy atom. The summed E-state index contributed by atoms with van der Waals surface area (Å²) in [5, 5.41) is 53.2. The molecular formula is C26H41N7O20P3S-. The average Bonchev–Trinajstić information content (AvgIpc) is 3.66. The number of hydrogen-bond acceptors (Lipinski definition) is 21. The molecule has 57 heavy (non-hydrogen) atoms. The summed E-state index contributed by atoms with van der Waals surface area (Å²) in [5.74, 6) is -2.97. The molecule has 322 valence electrons. The van der Waals surface area contributed by atoms with Crippen LogP contribution >= 0.6 is 35.2 Å². The van der Waals surface area contributed by atoms with Crippen molar-refractivity contribution in [2.75, 3.05) is 37.8 Å². The number of carbonyl (C=O) groups is 3. The Balaban J connectivity index is 1.49. The normalized spacial score (nSPS) is 22.4. The van der Waals surface area contributed by atoms with Crippen molar-refractivity contribution in [3.8, 4) is 0 Å². The molecule has 0 aliphatic carbocycles. The van der Waals surface area contributed by atoms with Gasteiger partial charge in [-0.1, -0.05) is 25.6 Å². The molecule has 2 aromatic rings. The van der Waals surface area contributed by atoms with Crippen LogP contribution in [0.3, 0.4) is 0 Å². The van der Waals surface area contributed by atoms with Gasteiger partial charge in [-0.15, -0.1) is 0 Å². The highest BCUT2D eigenvalue weighted by atomic mass is 32.2. The number of anilines is 1. The minimum Gasteiger partial charge on any atom is -0.862 e. The number of carboxylic acid groups (broad SMARTS) is 1. The lowest BCUT2D eigenvalue weighted by Gasteiger charge is -2.30. The number of nitrogens with two attached hydrogens (primary N) is 1. The number of nitrogens with one attached hydrogen (secondary N) is 1. The summed E-state index contributed by atoms with van der Waals surface area (Å²) in [4.78, 5) is 89.3. The van der Waals surface area contributed by atoms with E-state index < -0.39 is 108 Å². The molecule has 2 aromatic heterocycles. The quantitative estimate of drug-likeness (QED) is 0.0239. The van der Waals surface area contributed by atoms with Gasteiger partial charge in [0.1, 0.15) is 42.4 Å². The van der Waals surface area contributed by atoms with Gasteiger partial charge in [0, 0.05) is 30.7 Å². The number of phosphoric ester groups is 3. The van der Waals surface area contributed by atoms with Crippen molar-refractivity contribution in [1.29, 1.82) is 0 Å². The standard InChI is InChI=1S/C26H42N7O20P3S/c1-26(2,20(39)23(40)29-6-5-15(35)28-7-8-57-25(41)13(34)3-4-16(36)37)10-50-56(47,48)53-55(45,46)49-9-14-19(52-54(42,43)44)18(38)24(51-14)33-12-32-17-21(27)30-11-31-22(17)33/h11-14,18-20,24,34,38-39H,3-10H2,1-2H3,(H,28,35)(H,29,40)(H,36,37)(H,45,46)(H,47,48)(H2,27,30,31)(H2,42,43,44)/p-1/t13-,14-,18-,19-,20?,24-/m1/s1. The Hall–Kier alpha value is -3.01. The van der Waals surface area contributed by atoms with Crippen LogP contribution in [0.2, 0.25) is 0 Å². The molecule has 1 aliphatic rings. The van der Waals surface area contributed by atoms with E-state index in [1.165, 1.54) is 13.8 Å². The van der Waals surface area contributed by atoms with Gasteiger partial charge in [0.15, 0.2) is 17.7 Å². The van der Waals surface area contributed by atoms with Crippen molar-refractivity contribution >= 4 is 75.1 Å². The number of aliphatic hydroxyl groups is 3. The molecule has 0 radical (unpaired) electrons. The number of amides is 1. The van der Waals surface area contributed by atoms with Gasteiger partial charge in [-0.05, 0) is 18.7 Å². The number of phosphoric acid groups is 3. The number of aliphatic imine (C=N–C) groups is 1. The zero-order valence-electron chi connectivity index (χ0n) is 29.8. The molecule has 0 spiro atoms. The van der Waals surface area contributed by atoms with E-state index in [9.17, 15) is 68.1 Å². The second-order valence-electron chi connectivity index (χ2n) is 12.6. The Kier molecular flexibility index (Phi) is 17.2. The summed E-state index contributed by atoms with van der Waals surface area (Å²) < 4.78 is 61.9. The van der Waals surface area contributed by atoms with Gasteiger partial charge in [-0.2, -0.15) is 4.31 Å². The molecule has 3 heterocycles. The van der Waals surface area contributed by atoms with E-state index in [-0.39, 0.29) is 48.7 Å². The van der Waals surface area contributed by atoms with E-state index in [0.717, 1.165) is 17.2 Å². The lowest BCUT2D eigenvalue weighted by atomic mass is 9.87. The molecular weight excluding hydrogens is 855 g/mol. The minimum atomic E-state index is -5.60. The van der Waals surface area contributed by atoms with E-state index in [0.29, 0.717) is 11.8 Å². The van der Waals surface area contributed by atoms with Gasteiger partial charge in [0.25, 0.3) is 0 Å². The van der Waals surface area contributed by atoms with Gasteiger partial charge in [-0.3, -0.25) is 32.5 Å². The number of fused-ring (bicyclic) bond motifs is 1. The summed E-state index contributed by atoms with van der Waals surface area (Å²) >= 11 is 0.656. The zero-order chi connectivity index (χ0) is 42.9. The smallest absolute Gasteiger partial charge is 0.481 e. The van der Waals surface area contributed by atoms with E-state index in [1.807, 2.05) is 0 Å². The molecule has 8 atom stereocenters. The number of imidazole rings is 1. The molecule has 1 saturated heterocycles. The zero-order valence-corrected chi connectivity index (χ0v) is 33.3. The van der Waals surface area contributed by atoms with Crippen LogP contribution in [0.1, 0.15) is 39.3 Å². The lowest BCUT2D eigenvalue weighted by molar-refractivity contribution is -0.218. The second-order valence-corrected chi connectivity index (χ2v) is 17.9. The molecule has 1 aliphatic heterocycles. The van der Waals surface area contributed by atoms with Gasteiger partial charge in [0.2, 0.25) is 11.0 Å². The third-order valence-electron chi connectivity index (χ3n) is 7.59. The maximum absolute atomic E-state index is 12.7. The highest BCUT2D eigenvalue weighted by Crippen LogP contribution is 2.61. The van der Waals surface area contributed by atoms with E-state index in [2.05, 4.69) is 34.1 Å². The molecule has 3 unspecified atom stereocenters. The van der Waals surface area contributed by atoms with Crippen molar-refractivity contribution < 1.29 is 95.8 Å². The van der Waals surface area contributed by atoms with Crippen molar-refractivity contribution in [2.45, 2.75) is 69.9 Å². The van der Waals surface area contributed by atoms with Gasteiger partial charge < -0.3 is 65.9 Å². The molecule has 3 rings (SSSR count). The number of aliphatic hydroxyl groups excluding tert-OH is 3. The number of nitrogen functional groups attached to an aromatic ring is 1. The second kappa shape index (κ2) is 20.3.